The molecule has 0 atom stereocenters. The molecule has 0 heterocycles. The van der Waals surface area contributed by atoms with Crippen LogP contribution in [-0.2, 0) is 5.41 Å². The van der Waals surface area contributed by atoms with Crippen LogP contribution in [0, 0.1) is 0 Å². The number of benzene rings is 4. The van der Waals surface area contributed by atoms with Crippen molar-refractivity contribution < 1.29 is 5.11 Å². The molecule has 0 saturated heterocycles. The predicted molar refractivity (Wildman–Crippen MR) is 124 cm³/mol. The third-order valence-corrected chi connectivity index (χ3v) is 5.84. The van der Waals surface area contributed by atoms with Gasteiger partial charge in [0.05, 0.1) is 5.41 Å². The van der Waals surface area contributed by atoms with E-state index in [9.17, 15) is 5.11 Å². The number of hydrogen-bond donors (Lipinski definition) is 1. The Labute approximate surface area is 177 Å². The summed E-state index contributed by atoms with van der Waals surface area (Å²) in [6, 6.07) is 41.5. The molecule has 4 aromatic rings. The van der Waals surface area contributed by atoms with Crippen LogP contribution in [-0.4, -0.2) is 5.11 Å². The summed E-state index contributed by atoms with van der Waals surface area (Å²) in [6.07, 6.45) is 2.02. The van der Waals surface area contributed by atoms with Crippen LogP contribution in [0.3, 0.4) is 0 Å². The van der Waals surface area contributed by atoms with E-state index >= 15 is 0 Å². The Kier molecular flexibility index (Phi) is 4.57. The van der Waals surface area contributed by atoms with Crippen LogP contribution in [0.4, 0.5) is 0 Å². The van der Waals surface area contributed by atoms with E-state index in [0.717, 1.165) is 33.4 Å². The summed E-state index contributed by atoms with van der Waals surface area (Å²) in [6.45, 7) is 0. The second kappa shape index (κ2) is 7.53. The first-order valence-electron chi connectivity index (χ1n) is 10.2. The van der Waals surface area contributed by atoms with Crippen molar-refractivity contribution in [1.29, 1.82) is 0 Å². The van der Waals surface area contributed by atoms with Gasteiger partial charge in [-0.3, -0.25) is 0 Å². The van der Waals surface area contributed by atoms with Gasteiger partial charge in [0.2, 0.25) is 0 Å². The van der Waals surface area contributed by atoms with E-state index in [0.29, 0.717) is 5.76 Å². The Hall–Kier alpha value is -3.84. The maximum Gasteiger partial charge on any atom is 0.121 e. The molecular formula is C29H22O. The molecule has 0 fully saturated rings. The van der Waals surface area contributed by atoms with E-state index in [1.165, 1.54) is 0 Å². The first kappa shape index (κ1) is 18.2. The lowest BCUT2D eigenvalue weighted by atomic mass is 9.68. The highest BCUT2D eigenvalue weighted by Crippen LogP contribution is 2.54. The van der Waals surface area contributed by atoms with E-state index in [1.54, 1.807) is 0 Å². The summed E-state index contributed by atoms with van der Waals surface area (Å²) in [5, 5.41) is 11.3. The molecule has 0 radical (unpaired) electrons. The average Bonchev–Trinajstić information content (AvgIpc) is 3.15. The Morgan fingerprint density at radius 1 is 0.467 bits per heavy atom. The molecule has 1 aliphatic carbocycles. The van der Waals surface area contributed by atoms with Gasteiger partial charge in [0.25, 0.3) is 0 Å². The van der Waals surface area contributed by atoms with Crippen molar-refractivity contribution in [3.05, 3.63) is 155 Å². The monoisotopic (exact) mass is 386 g/mol. The lowest BCUT2D eigenvalue weighted by Crippen LogP contribution is -2.25. The minimum atomic E-state index is -0.584. The van der Waals surface area contributed by atoms with Crippen molar-refractivity contribution in [2.24, 2.45) is 0 Å². The molecule has 0 unspecified atom stereocenters. The van der Waals surface area contributed by atoms with Crippen molar-refractivity contribution in [2.75, 3.05) is 0 Å². The molecule has 1 nitrogen and oxygen atoms in total. The number of allylic oxidation sites excluding steroid dienone is 3. The molecule has 0 saturated carbocycles. The summed E-state index contributed by atoms with van der Waals surface area (Å²) in [7, 11) is 0. The standard InChI is InChI=1S/C29H22O/c30-26-21-29(24-17-9-3-10-18-24,25-19-11-4-12-20-25)28(23-15-7-2-8-16-23)27(26)22-13-5-1-6-14-22/h1-21,30H. The van der Waals surface area contributed by atoms with Gasteiger partial charge in [-0.2, -0.15) is 0 Å². The molecule has 1 N–H and O–H groups in total. The van der Waals surface area contributed by atoms with E-state index in [2.05, 4.69) is 84.9 Å². The van der Waals surface area contributed by atoms with Crippen LogP contribution in [0.5, 0.6) is 0 Å². The molecule has 0 aromatic heterocycles. The molecule has 5 rings (SSSR count). The van der Waals surface area contributed by atoms with Crippen molar-refractivity contribution in [3.63, 3.8) is 0 Å². The SMILES string of the molecule is OC1=CC(c2ccccc2)(c2ccccc2)C(c2ccccc2)=C1c1ccccc1. The quantitative estimate of drug-likeness (QED) is 0.399. The van der Waals surface area contributed by atoms with Gasteiger partial charge in [-0.1, -0.05) is 121 Å². The lowest BCUT2D eigenvalue weighted by Gasteiger charge is -2.33. The molecule has 1 aliphatic rings. The molecule has 30 heavy (non-hydrogen) atoms. The molecule has 144 valence electrons. The zero-order chi connectivity index (χ0) is 20.4. The molecule has 0 aliphatic heterocycles. The predicted octanol–water partition coefficient (Wildman–Crippen LogP) is 7.04. The van der Waals surface area contributed by atoms with Gasteiger partial charge in [-0.25, -0.2) is 0 Å². The fraction of sp³-hybridized carbons (Fsp3) is 0.0345. The van der Waals surface area contributed by atoms with Gasteiger partial charge in [0.1, 0.15) is 5.76 Å². The van der Waals surface area contributed by atoms with Crippen LogP contribution in [0.1, 0.15) is 22.3 Å². The van der Waals surface area contributed by atoms with E-state index in [4.69, 9.17) is 0 Å². The second-order valence-corrected chi connectivity index (χ2v) is 7.55. The van der Waals surface area contributed by atoms with Crippen molar-refractivity contribution >= 4 is 11.1 Å². The molecule has 0 amide bonds. The average molecular weight is 386 g/mol. The largest absolute Gasteiger partial charge is 0.508 e. The Bertz CT molecular complexity index is 1170. The first-order chi connectivity index (χ1) is 14.8. The van der Waals surface area contributed by atoms with E-state index in [-0.39, 0.29) is 0 Å². The Morgan fingerprint density at radius 2 is 0.867 bits per heavy atom. The third kappa shape index (κ3) is 2.87. The normalized spacial score (nSPS) is 15.1. The van der Waals surface area contributed by atoms with Gasteiger partial charge >= 0.3 is 0 Å². The van der Waals surface area contributed by atoms with Crippen LogP contribution in [0.15, 0.2) is 133 Å². The van der Waals surface area contributed by atoms with Crippen molar-refractivity contribution in [3.8, 4) is 0 Å². The topological polar surface area (TPSA) is 20.2 Å². The minimum Gasteiger partial charge on any atom is -0.508 e. The van der Waals surface area contributed by atoms with Gasteiger partial charge in [-0.05, 0) is 33.9 Å². The number of hydrogen-bond acceptors (Lipinski definition) is 1. The van der Waals surface area contributed by atoms with Gasteiger partial charge in [-0.15, -0.1) is 0 Å². The summed E-state index contributed by atoms with van der Waals surface area (Å²) < 4.78 is 0. The highest BCUT2D eigenvalue weighted by molar-refractivity contribution is 6.07. The molecule has 0 spiro atoms. The zero-order valence-corrected chi connectivity index (χ0v) is 16.6. The minimum absolute atomic E-state index is 0.313. The van der Waals surface area contributed by atoms with Gasteiger partial charge in [0, 0.05) is 5.57 Å². The van der Waals surface area contributed by atoms with Crippen LogP contribution in [0.2, 0.25) is 0 Å². The summed E-state index contributed by atoms with van der Waals surface area (Å²) in [4.78, 5) is 0. The summed E-state index contributed by atoms with van der Waals surface area (Å²) >= 11 is 0. The molecular weight excluding hydrogens is 364 g/mol. The highest BCUT2D eigenvalue weighted by Gasteiger charge is 2.44. The van der Waals surface area contributed by atoms with Crippen LogP contribution < -0.4 is 0 Å². The first-order valence-corrected chi connectivity index (χ1v) is 10.2. The maximum atomic E-state index is 11.3. The van der Waals surface area contributed by atoms with Crippen LogP contribution in [0.25, 0.3) is 11.1 Å². The van der Waals surface area contributed by atoms with Crippen molar-refractivity contribution in [2.45, 2.75) is 5.41 Å². The lowest BCUT2D eigenvalue weighted by molar-refractivity contribution is 0.436. The third-order valence-electron chi connectivity index (χ3n) is 5.84. The fourth-order valence-corrected chi connectivity index (χ4v) is 4.57. The van der Waals surface area contributed by atoms with E-state index < -0.39 is 5.41 Å². The summed E-state index contributed by atoms with van der Waals surface area (Å²) in [5.41, 5.74) is 5.78. The van der Waals surface area contributed by atoms with E-state index in [1.807, 2.05) is 42.5 Å². The fourth-order valence-electron chi connectivity index (χ4n) is 4.57. The molecule has 0 bridgehead atoms. The Balaban J connectivity index is 1.92. The highest BCUT2D eigenvalue weighted by atomic mass is 16.3. The molecule has 4 aromatic carbocycles. The number of aliphatic hydroxyl groups is 1. The smallest absolute Gasteiger partial charge is 0.121 e. The maximum absolute atomic E-state index is 11.3. The summed E-state index contributed by atoms with van der Waals surface area (Å²) in [5.74, 6) is 0.313. The molecule has 1 heteroatoms. The number of aliphatic hydroxyl groups excluding tert-OH is 1. The Morgan fingerprint density at radius 3 is 1.33 bits per heavy atom. The number of rotatable bonds is 4. The van der Waals surface area contributed by atoms with Crippen LogP contribution >= 0.6 is 0 Å². The zero-order valence-electron chi connectivity index (χ0n) is 16.6. The van der Waals surface area contributed by atoms with Gasteiger partial charge in [0.15, 0.2) is 0 Å². The second-order valence-electron chi connectivity index (χ2n) is 7.55. The van der Waals surface area contributed by atoms with Gasteiger partial charge < -0.3 is 5.11 Å². The van der Waals surface area contributed by atoms with Crippen molar-refractivity contribution in [1.82, 2.24) is 0 Å².